The lowest BCUT2D eigenvalue weighted by molar-refractivity contribution is -0.880. The number of piperazine rings is 1. The zero-order valence-corrected chi connectivity index (χ0v) is 15.9. The SMILES string of the molecule is C[NH+]1CCN(c2ccccc2C=Nc2ccc(C(C)(C)C)cc2)CC1. The van der Waals surface area contributed by atoms with Crippen LogP contribution in [0.2, 0.25) is 0 Å². The lowest BCUT2D eigenvalue weighted by Crippen LogP contribution is -3.12. The molecule has 1 saturated heterocycles. The number of hydrogen-bond acceptors (Lipinski definition) is 2. The highest BCUT2D eigenvalue weighted by molar-refractivity contribution is 5.89. The molecule has 1 aliphatic heterocycles. The number of hydrogen-bond donors (Lipinski definition) is 1. The van der Waals surface area contributed by atoms with Gasteiger partial charge in [-0.25, -0.2) is 0 Å². The molecule has 0 unspecified atom stereocenters. The van der Waals surface area contributed by atoms with Gasteiger partial charge in [-0.3, -0.25) is 4.99 Å². The quantitative estimate of drug-likeness (QED) is 0.854. The van der Waals surface area contributed by atoms with Crippen molar-refractivity contribution in [3.05, 3.63) is 59.7 Å². The zero-order valence-electron chi connectivity index (χ0n) is 15.9. The molecule has 1 N–H and O–H groups in total. The normalized spacial score (nSPS) is 16.6. The summed E-state index contributed by atoms with van der Waals surface area (Å²) in [7, 11) is 2.27. The largest absolute Gasteiger partial charge is 0.360 e. The topological polar surface area (TPSA) is 20.0 Å². The summed E-state index contributed by atoms with van der Waals surface area (Å²) in [5, 5.41) is 0. The van der Waals surface area contributed by atoms with Gasteiger partial charge < -0.3 is 9.80 Å². The van der Waals surface area contributed by atoms with E-state index in [1.54, 1.807) is 4.90 Å². The molecule has 3 rings (SSSR count). The molecular formula is C22H30N3+. The van der Waals surface area contributed by atoms with Gasteiger partial charge in [0.15, 0.2) is 0 Å². The van der Waals surface area contributed by atoms with Gasteiger partial charge in [0.2, 0.25) is 0 Å². The Hall–Kier alpha value is -2.13. The smallest absolute Gasteiger partial charge is 0.0947 e. The van der Waals surface area contributed by atoms with E-state index >= 15 is 0 Å². The second kappa shape index (κ2) is 7.40. The Balaban J connectivity index is 1.78. The first-order chi connectivity index (χ1) is 11.9. The van der Waals surface area contributed by atoms with Crippen molar-refractivity contribution in [3.63, 3.8) is 0 Å². The van der Waals surface area contributed by atoms with Crippen LogP contribution in [0.15, 0.2) is 53.5 Å². The number of aliphatic imine (C=N–C) groups is 1. The average Bonchev–Trinajstić information content (AvgIpc) is 2.61. The predicted octanol–water partition coefficient (Wildman–Crippen LogP) is 3.07. The zero-order chi connectivity index (χ0) is 17.9. The van der Waals surface area contributed by atoms with Crippen LogP contribution >= 0.6 is 0 Å². The van der Waals surface area contributed by atoms with Crippen molar-refractivity contribution in [2.24, 2.45) is 4.99 Å². The van der Waals surface area contributed by atoms with Crippen LogP contribution in [0.1, 0.15) is 31.9 Å². The van der Waals surface area contributed by atoms with E-state index in [1.807, 2.05) is 6.21 Å². The van der Waals surface area contributed by atoms with E-state index in [0.29, 0.717) is 0 Å². The van der Waals surface area contributed by atoms with E-state index in [4.69, 9.17) is 4.99 Å². The van der Waals surface area contributed by atoms with Gasteiger partial charge in [-0.1, -0.05) is 51.1 Å². The number of benzene rings is 2. The highest BCUT2D eigenvalue weighted by atomic mass is 15.2. The first kappa shape index (κ1) is 17.7. The number of nitrogens with zero attached hydrogens (tertiary/aromatic N) is 2. The minimum Gasteiger partial charge on any atom is -0.360 e. The summed E-state index contributed by atoms with van der Waals surface area (Å²) >= 11 is 0. The number of likely N-dealkylation sites (N-methyl/N-ethyl adjacent to an activating group) is 1. The Morgan fingerprint density at radius 3 is 2.24 bits per heavy atom. The molecule has 1 fully saturated rings. The average molecular weight is 337 g/mol. The minimum atomic E-state index is 0.179. The second-order valence-electron chi connectivity index (χ2n) is 8.06. The van der Waals surface area contributed by atoms with E-state index in [-0.39, 0.29) is 5.41 Å². The molecule has 3 heteroatoms. The van der Waals surface area contributed by atoms with Gasteiger partial charge in [0.05, 0.1) is 38.9 Å². The van der Waals surface area contributed by atoms with E-state index in [2.05, 4.69) is 81.2 Å². The highest BCUT2D eigenvalue weighted by Gasteiger charge is 2.18. The Morgan fingerprint density at radius 2 is 1.60 bits per heavy atom. The summed E-state index contributed by atoms with van der Waals surface area (Å²) in [4.78, 5) is 8.81. The van der Waals surface area contributed by atoms with Gasteiger partial charge in [-0.05, 0) is 29.2 Å². The van der Waals surface area contributed by atoms with Crippen molar-refractivity contribution in [1.29, 1.82) is 0 Å². The monoisotopic (exact) mass is 336 g/mol. The fourth-order valence-corrected chi connectivity index (χ4v) is 3.21. The summed E-state index contributed by atoms with van der Waals surface area (Å²) in [6.45, 7) is 11.3. The van der Waals surface area contributed by atoms with Crippen molar-refractivity contribution < 1.29 is 4.90 Å². The summed E-state index contributed by atoms with van der Waals surface area (Å²) in [5.74, 6) is 0. The summed E-state index contributed by atoms with van der Waals surface area (Å²) in [5.41, 5.74) is 5.02. The van der Waals surface area contributed by atoms with Gasteiger partial charge in [0.1, 0.15) is 0 Å². The van der Waals surface area contributed by atoms with E-state index in [1.165, 1.54) is 29.9 Å². The molecule has 132 valence electrons. The summed E-state index contributed by atoms with van der Waals surface area (Å²) in [6, 6.07) is 17.2. The van der Waals surface area contributed by atoms with Gasteiger partial charge in [-0.2, -0.15) is 0 Å². The highest BCUT2D eigenvalue weighted by Crippen LogP contribution is 2.25. The van der Waals surface area contributed by atoms with Gasteiger partial charge in [0, 0.05) is 17.5 Å². The number of para-hydroxylation sites is 1. The number of quaternary nitrogens is 1. The molecule has 0 radical (unpaired) electrons. The maximum absolute atomic E-state index is 4.71. The van der Waals surface area contributed by atoms with Crippen LogP contribution < -0.4 is 9.80 Å². The number of rotatable bonds is 3. The molecule has 3 nitrogen and oxygen atoms in total. The number of anilines is 1. The van der Waals surface area contributed by atoms with Crippen LogP contribution in [0, 0.1) is 0 Å². The van der Waals surface area contributed by atoms with Crippen molar-refractivity contribution in [3.8, 4) is 0 Å². The van der Waals surface area contributed by atoms with Crippen LogP contribution in [0.3, 0.4) is 0 Å². The molecule has 25 heavy (non-hydrogen) atoms. The van der Waals surface area contributed by atoms with Gasteiger partial charge in [0.25, 0.3) is 0 Å². The third-order valence-corrected chi connectivity index (χ3v) is 4.98. The van der Waals surface area contributed by atoms with Crippen LogP contribution in [0.5, 0.6) is 0 Å². The molecule has 2 aromatic rings. The van der Waals surface area contributed by atoms with Crippen LogP contribution in [-0.4, -0.2) is 39.4 Å². The molecule has 0 aromatic heterocycles. The Kier molecular flexibility index (Phi) is 5.24. The molecule has 0 saturated carbocycles. The third-order valence-electron chi connectivity index (χ3n) is 4.98. The molecule has 1 heterocycles. The fourth-order valence-electron chi connectivity index (χ4n) is 3.21. The standard InChI is InChI=1S/C22H29N3/c1-22(2,3)19-9-11-20(12-10-19)23-17-18-7-5-6-8-21(18)25-15-13-24(4)14-16-25/h5-12,17H,13-16H2,1-4H3/p+1. The van der Waals surface area contributed by atoms with Crippen LogP contribution in [0.25, 0.3) is 0 Å². The molecule has 0 amide bonds. The first-order valence-electron chi connectivity index (χ1n) is 9.23. The van der Waals surface area contributed by atoms with Gasteiger partial charge >= 0.3 is 0 Å². The molecule has 0 bridgehead atoms. The summed E-state index contributed by atoms with van der Waals surface area (Å²) < 4.78 is 0. The van der Waals surface area contributed by atoms with Crippen LogP contribution in [0.4, 0.5) is 11.4 Å². The maximum atomic E-state index is 4.71. The third kappa shape index (κ3) is 4.49. The van der Waals surface area contributed by atoms with Gasteiger partial charge in [-0.15, -0.1) is 0 Å². The Morgan fingerprint density at radius 1 is 0.960 bits per heavy atom. The lowest BCUT2D eigenvalue weighted by atomic mass is 9.87. The Labute approximate surface area is 152 Å². The second-order valence-corrected chi connectivity index (χ2v) is 8.06. The van der Waals surface area contributed by atoms with Crippen molar-refractivity contribution in [2.45, 2.75) is 26.2 Å². The molecular weight excluding hydrogens is 306 g/mol. The lowest BCUT2D eigenvalue weighted by Gasteiger charge is -2.32. The number of nitrogens with one attached hydrogen (secondary N) is 1. The Bertz CT molecular complexity index is 718. The van der Waals surface area contributed by atoms with Crippen molar-refractivity contribution >= 4 is 17.6 Å². The minimum absolute atomic E-state index is 0.179. The van der Waals surface area contributed by atoms with E-state index in [0.717, 1.165) is 18.8 Å². The van der Waals surface area contributed by atoms with Crippen molar-refractivity contribution in [1.82, 2.24) is 0 Å². The first-order valence-corrected chi connectivity index (χ1v) is 9.23. The summed E-state index contributed by atoms with van der Waals surface area (Å²) in [6.07, 6.45) is 2.01. The predicted molar refractivity (Wildman–Crippen MR) is 108 cm³/mol. The van der Waals surface area contributed by atoms with E-state index in [9.17, 15) is 0 Å². The maximum Gasteiger partial charge on any atom is 0.0947 e. The van der Waals surface area contributed by atoms with Crippen LogP contribution in [-0.2, 0) is 5.41 Å². The molecule has 1 aliphatic rings. The fraction of sp³-hybridized carbons (Fsp3) is 0.409. The molecule has 0 spiro atoms. The molecule has 0 aliphatic carbocycles. The molecule has 0 atom stereocenters. The molecule has 2 aromatic carbocycles. The van der Waals surface area contributed by atoms with E-state index < -0.39 is 0 Å². The van der Waals surface area contributed by atoms with Crippen molar-refractivity contribution in [2.75, 3.05) is 38.1 Å².